The van der Waals surface area contributed by atoms with Gasteiger partial charge in [-0.05, 0) is 37.7 Å². The van der Waals surface area contributed by atoms with Crippen LogP contribution >= 0.6 is 11.6 Å². The second kappa shape index (κ2) is 6.02. The first-order chi connectivity index (χ1) is 8.27. The Hall–Kier alpha value is -1.08. The molecular weight excluding hydrogens is 232 g/mol. The molecule has 2 rings (SSSR count). The lowest BCUT2D eigenvalue weighted by molar-refractivity contribution is -0.114. The fourth-order valence-corrected chi connectivity index (χ4v) is 2.58. The molecule has 0 atom stereocenters. The van der Waals surface area contributed by atoms with E-state index < -0.39 is 0 Å². The van der Waals surface area contributed by atoms with Crippen LogP contribution in [0.5, 0.6) is 0 Å². The van der Waals surface area contributed by atoms with Crippen molar-refractivity contribution in [2.75, 3.05) is 0 Å². The van der Waals surface area contributed by atoms with Gasteiger partial charge in [-0.3, -0.25) is 4.79 Å². The van der Waals surface area contributed by atoms with Crippen LogP contribution in [0.25, 0.3) is 0 Å². The molecule has 0 amide bonds. The van der Waals surface area contributed by atoms with Crippen molar-refractivity contribution in [2.24, 2.45) is 0 Å². The van der Waals surface area contributed by atoms with Gasteiger partial charge in [0.2, 0.25) is 0 Å². The number of ketones is 1. The summed E-state index contributed by atoms with van der Waals surface area (Å²) in [7, 11) is 0. The molecule has 1 aliphatic carbocycles. The summed E-state index contributed by atoms with van der Waals surface area (Å²) in [5, 5.41) is 0.795. The number of hydrogen-bond acceptors (Lipinski definition) is 1. The van der Waals surface area contributed by atoms with E-state index in [1.807, 2.05) is 6.07 Å². The Kier molecular flexibility index (Phi) is 4.38. The van der Waals surface area contributed by atoms with Crippen molar-refractivity contribution in [1.82, 2.24) is 0 Å². The number of rotatable bonds is 4. The molecule has 90 valence electrons. The van der Waals surface area contributed by atoms with Crippen LogP contribution in [0.15, 0.2) is 40.9 Å². The third-order valence-corrected chi connectivity index (χ3v) is 3.62. The molecule has 0 bridgehead atoms. The van der Waals surface area contributed by atoms with E-state index in [9.17, 15) is 4.79 Å². The Balaban J connectivity index is 1.85. The Morgan fingerprint density at radius 1 is 1.18 bits per heavy atom. The molecule has 1 nitrogen and oxygen atoms in total. The van der Waals surface area contributed by atoms with Crippen LogP contribution in [0.1, 0.15) is 37.7 Å². The molecule has 1 aromatic rings. The van der Waals surface area contributed by atoms with Crippen LogP contribution in [-0.4, -0.2) is 5.78 Å². The van der Waals surface area contributed by atoms with Gasteiger partial charge in [0.05, 0.1) is 0 Å². The fourth-order valence-electron chi connectivity index (χ4n) is 2.25. The van der Waals surface area contributed by atoms with E-state index in [0.29, 0.717) is 6.42 Å². The van der Waals surface area contributed by atoms with Crippen molar-refractivity contribution in [2.45, 2.75) is 38.5 Å². The summed E-state index contributed by atoms with van der Waals surface area (Å²) in [5.41, 5.74) is 2.22. The average molecular weight is 249 g/mol. The molecule has 2 heteroatoms. The molecule has 0 N–H and O–H groups in total. The van der Waals surface area contributed by atoms with E-state index in [1.54, 1.807) is 0 Å². The Labute approximate surface area is 107 Å². The van der Waals surface area contributed by atoms with Crippen molar-refractivity contribution < 1.29 is 4.79 Å². The number of allylic oxidation sites excluding steroid dienone is 2. The maximum atomic E-state index is 11.5. The van der Waals surface area contributed by atoms with E-state index in [0.717, 1.165) is 42.7 Å². The van der Waals surface area contributed by atoms with Gasteiger partial charge in [-0.1, -0.05) is 41.9 Å². The van der Waals surface area contributed by atoms with Crippen LogP contribution in [0, 0.1) is 0 Å². The quantitative estimate of drug-likeness (QED) is 0.728. The first kappa shape index (κ1) is 12.4. The van der Waals surface area contributed by atoms with Gasteiger partial charge in [0.1, 0.15) is 0 Å². The van der Waals surface area contributed by atoms with Crippen LogP contribution < -0.4 is 0 Å². The van der Waals surface area contributed by atoms with Gasteiger partial charge in [0.15, 0.2) is 5.78 Å². The number of aryl methyl sites for hydroxylation is 1. The standard InChI is InChI=1S/C15H17ClO/c16-14(13-9-5-11-15(13)17)10-4-8-12-6-2-1-3-7-12/h1-3,6-7H,4-5,8-11H2/b14-13+. The summed E-state index contributed by atoms with van der Waals surface area (Å²) < 4.78 is 0. The molecule has 0 aliphatic heterocycles. The SMILES string of the molecule is O=C1CCC/C1=C(\Cl)CCCc1ccccc1. The highest BCUT2D eigenvalue weighted by molar-refractivity contribution is 6.32. The van der Waals surface area contributed by atoms with Gasteiger partial charge in [-0.2, -0.15) is 0 Å². The fraction of sp³-hybridized carbons (Fsp3) is 0.400. The molecule has 1 saturated carbocycles. The van der Waals surface area contributed by atoms with E-state index in [4.69, 9.17) is 11.6 Å². The molecule has 0 spiro atoms. The summed E-state index contributed by atoms with van der Waals surface area (Å²) >= 11 is 6.21. The van der Waals surface area contributed by atoms with Crippen molar-refractivity contribution in [1.29, 1.82) is 0 Å². The molecule has 17 heavy (non-hydrogen) atoms. The topological polar surface area (TPSA) is 17.1 Å². The number of hydrogen-bond donors (Lipinski definition) is 0. The second-order valence-electron chi connectivity index (χ2n) is 4.50. The van der Waals surface area contributed by atoms with Gasteiger partial charge in [-0.25, -0.2) is 0 Å². The summed E-state index contributed by atoms with van der Waals surface area (Å²) in [6.45, 7) is 0. The summed E-state index contributed by atoms with van der Waals surface area (Å²) in [5.74, 6) is 0.259. The second-order valence-corrected chi connectivity index (χ2v) is 4.96. The average Bonchev–Trinajstić information content (AvgIpc) is 2.77. The predicted octanol–water partition coefficient (Wildman–Crippen LogP) is 4.26. The molecule has 1 aromatic carbocycles. The minimum atomic E-state index is 0.259. The lowest BCUT2D eigenvalue weighted by atomic mass is 10.1. The Morgan fingerprint density at radius 3 is 2.59 bits per heavy atom. The molecule has 1 fully saturated rings. The molecule has 0 aromatic heterocycles. The van der Waals surface area contributed by atoms with Gasteiger partial charge >= 0.3 is 0 Å². The zero-order valence-electron chi connectivity index (χ0n) is 9.92. The van der Waals surface area contributed by atoms with Crippen molar-refractivity contribution >= 4 is 17.4 Å². The molecular formula is C15H17ClO. The van der Waals surface area contributed by atoms with E-state index in [-0.39, 0.29) is 5.78 Å². The van der Waals surface area contributed by atoms with Crippen LogP contribution in [0.2, 0.25) is 0 Å². The third kappa shape index (κ3) is 3.44. The maximum absolute atomic E-state index is 11.5. The van der Waals surface area contributed by atoms with Gasteiger partial charge in [-0.15, -0.1) is 0 Å². The zero-order valence-corrected chi connectivity index (χ0v) is 10.7. The summed E-state index contributed by atoms with van der Waals surface area (Å²) in [4.78, 5) is 11.5. The monoisotopic (exact) mass is 248 g/mol. The lowest BCUT2D eigenvalue weighted by Gasteiger charge is -2.03. The Morgan fingerprint density at radius 2 is 1.94 bits per heavy atom. The highest BCUT2D eigenvalue weighted by Gasteiger charge is 2.19. The van der Waals surface area contributed by atoms with Crippen molar-refractivity contribution in [3.8, 4) is 0 Å². The Bertz CT molecular complexity index is 420. The number of benzene rings is 1. The molecule has 1 aliphatic rings. The first-order valence-electron chi connectivity index (χ1n) is 6.22. The van der Waals surface area contributed by atoms with Crippen LogP contribution in [0.4, 0.5) is 0 Å². The molecule has 0 heterocycles. The first-order valence-corrected chi connectivity index (χ1v) is 6.60. The number of carbonyl (C=O) groups excluding carboxylic acids is 1. The normalized spacial score (nSPS) is 18.5. The number of carbonyl (C=O) groups is 1. The highest BCUT2D eigenvalue weighted by atomic mass is 35.5. The maximum Gasteiger partial charge on any atom is 0.160 e. The molecule has 0 saturated heterocycles. The minimum absolute atomic E-state index is 0.259. The predicted molar refractivity (Wildman–Crippen MR) is 71.1 cm³/mol. The van der Waals surface area contributed by atoms with Crippen LogP contribution in [0.3, 0.4) is 0 Å². The van der Waals surface area contributed by atoms with Crippen molar-refractivity contribution in [3.63, 3.8) is 0 Å². The zero-order chi connectivity index (χ0) is 12.1. The van der Waals surface area contributed by atoms with Crippen molar-refractivity contribution in [3.05, 3.63) is 46.5 Å². The summed E-state index contributed by atoms with van der Waals surface area (Å²) in [6.07, 6.45) is 5.41. The molecule has 0 unspecified atom stereocenters. The van der Waals surface area contributed by atoms with Gasteiger partial charge in [0.25, 0.3) is 0 Å². The smallest absolute Gasteiger partial charge is 0.160 e. The minimum Gasteiger partial charge on any atom is -0.295 e. The third-order valence-electron chi connectivity index (χ3n) is 3.20. The van der Waals surface area contributed by atoms with Gasteiger partial charge in [0, 0.05) is 17.0 Å². The van der Waals surface area contributed by atoms with E-state index in [2.05, 4.69) is 24.3 Å². The largest absolute Gasteiger partial charge is 0.295 e. The van der Waals surface area contributed by atoms with E-state index >= 15 is 0 Å². The lowest BCUT2D eigenvalue weighted by Crippen LogP contribution is -1.95. The van der Waals surface area contributed by atoms with Crippen LogP contribution in [-0.2, 0) is 11.2 Å². The summed E-state index contributed by atoms with van der Waals surface area (Å²) in [6, 6.07) is 10.4. The highest BCUT2D eigenvalue weighted by Crippen LogP contribution is 2.28. The molecule has 0 radical (unpaired) electrons. The number of halogens is 1. The van der Waals surface area contributed by atoms with Gasteiger partial charge < -0.3 is 0 Å². The number of Topliss-reactive ketones (excluding diaryl/α,β-unsaturated/α-hetero) is 1. The van der Waals surface area contributed by atoms with E-state index in [1.165, 1.54) is 5.56 Å².